The topological polar surface area (TPSA) is 103 Å². The average Bonchev–Trinajstić information content (AvgIpc) is 2.60. The fraction of sp³-hybridized carbons (Fsp3) is 0.368. The van der Waals surface area contributed by atoms with Crippen molar-refractivity contribution in [2.24, 2.45) is 4.99 Å². The number of benzene rings is 1. The molecule has 1 aromatic rings. The van der Waals surface area contributed by atoms with E-state index in [1.807, 2.05) is 0 Å². The van der Waals surface area contributed by atoms with Gasteiger partial charge in [-0.2, -0.15) is 0 Å². The van der Waals surface area contributed by atoms with E-state index in [2.05, 4.69) is 10.3 Å². The number of carbonyl (C=O) groups is 3. The molecule has 0 unspecified atom stereocenters. The number of allylic oxidation sites excluding steroid dienone is 1. The first kappa shape index (κ1) is 21.5. The number of methoxy groups -OCH3 is 1. The number of nitrogens with one attached hydrogen (secondary N) is 1. The molecule has 0 spiro atoms. The van der Waals surface area contributed by atoms with E-state index >= 15 is 0 Å². The molecule has 0 aromatic heterocycles. The zero-order chi connectivity index (χ0) is 20.8. The van der Waals surface area contributed by atoms with Gasteiger partial charge in [-0.05, 0) is 43.3 Å². The number of ether oxygens (including phenoxy) is 3. The van der Waals surface area contributed by atoms with Crippen LogP contribution in [-0.2, 0) is 19.1 Å². The first-order valence-corrected chi connectivity index (χ1v) is 9.35. The van der Waals surface area contributed by atoms with Gasteiger partial charge in [-0.3, -0.25) is 9.59 Å². The lowest BCUT2D eigenvalue weighted by atomic mass is 9.96. The maximum Gasteiger partial charge on any atom is 0.338 e. The Morgan fingerprint density at radius 2 is 1.93 bits per heavy atom. The Morgan fingerprint density at radius 3 is 2.50 bits per heavy atom. The summed E-state index contributed by atoms with van der Waals surface area (Å²) >= 11 is 0.939. The zero-order valence-electron chi connectivity index (χ0n) is 16.3. The summed E-state index contributed by atoms with van der Waals surface area (Å²) in [5.41, 5.74) is 1.50. The molecular formula is C19H22N2O6S. The largest absolute Gasteiger partial charge is 0.493 e. The maximum absolute atomic E-state index is 12.5. The molecule has 0 fully saturated rings. The minimum atomic E-state index is -0.706. The average molecular weight is 406 g/mol. The molecule has 28 heavy (non-hydrogen) atoms. The number of hydrogen-bond acceptors (Lipinski definition) is 9. The third-order valence-electron chi connectivity index (χ3n) is 3.71. The van der Waals surface area contributed by atoms with Crippen molar-refractivity contribution in [1.29, 1.82) is 0 Å². The highest BCUT2D eigenvalue weighted by Crippen LogP contribution is 2.37. The van der Waals surface area contributed by atoms with Crippen molar-refractivity contribution >= 4 is 34.0 Å². The molecule has 8 nitrogen and oxygen atoms in total. The third kappa shape index (κ3) is 5.13. The maximum atomic E-state index is 12.5. The smallest absolute Gasteiger partial charge is 0.338 e. The van der Waals surface area contributed by atoms with E-state index in [4.69, 9.17) is 14.2 Å². The molecule has 1 heterocycles. The van der Waals surface area contributed by atoms with Gasteiger partial charge in [-0.25, -0.2) is 9.79 Å². The zero-order valence-corrected chi connectivity index (χ0v) is 17.1. The summed E-state index contributed by atoms with van der Waals surface area (Å²) in [6.07, 6.45) is 0. The molecule has 1 aliphatic rings. The lowest BCUT2D eigenvalue weighted by Gasteiger charge is -2.25. The van der Waals surface area contributed by atoms with Gasteiger partial charge in [-0.1, -0.05) is 6.07 Å². The van der Waals surface area contributed by atoms with Gasteiger partial charge in [0.25, 0.3) is 0 Å². The monoisotopic (exact) mass is 406 g/mol. The summed E-state index contributed by atoms with van der Waals surface area (Å²) in [5, 5.41) is 3.22. The molecule has 0 radical (unpaired) electrons. The van der Waals surface area contributed by atoms with Crippen LogP contribution in [0.4, 0.5) is 0 Å². The summed E-state index contributed by atoms with van der Waals surface area (Å²) in [7, 11) is 1.45. The molecule has 150 valence electrons. The molecule has 0 saturated heterocycles. The molecule has 1 aromatic carbocycles. The van der Waals surface area contributed by atoms with E-state index in [1.54, 1.807) is 32.0 Å². The summed E-state index contributed by atoms with van der Waals surface area (Å²) in [5.74, 6) is -0.401. The first-order chi connectivity index (χ1) is 13.3. The van der Waals surface area contributed by atoms with Crippen LogP contribution in [0.25, 0.3) is 0 Å². The molecule has 1 N–H and O–H groups in total. The predicted molar refractivity (Wildman–Crippen MR) is 105 cm³/mol. The highest BCUT2D eigenvalue weighted by molar-refractivity contribution is 8.26. The number of amidine groups is 1. The van der Waals surface area contributed by atoms with Crippen LogP contribution in [0, 0.1) is 0 Å². The van der Waals surface area contributed by atoms with Gasteiger partial charge in [0.1, 0.15) is 6.04 Å². The van der Waals surface area contributed by atoms with Crippen LogP contribution in [0.2, 0.25) is 0 Å². The van der Waals surface area contributed by atoms with E-state index in [0.29, 0.717) is 27.8 Å². The Balaban J connectivity index is 2.52. The van der Waals surface area contributed by atoms with Crippen LogP contribution in [0.15, 0.2) is 34.5 Å². The van der Waals surface area contributed by atoms with Crippen molar-refractivity contribution in [2.75, 3.05) is 13.7 Å². The fourth-order valence-electron chi connectivity index (χ4n) is 2.64. The highest BCUT2D eigenvalue weighted by atomic mass is 32.2. The Bertz CT molecular complexity index is 862. The minimum Gasteiger partial charge on any atom is -0.493 e. The van der Waals surface area contributed by atoms with E-state index < -0.39 is 18.0 Å². The molecule has 1 aliphatic heterocycles. The van der Waals surface area contributed by atoms with Crippen LogP contribution in [0.5, 0.6) is 11.5 Å². The van der Waals surface area contributed by atoms with Gasteiger partial charge in [-0.15, -0.1) is 0 Å². The number of thioether (sulfide) groups is 1. The van der Waals surface area contributed by atoms with Gasteiger partial charge in [0.2, 0.25) is 0 Å². The quantitative estimate of drug-likeness (QED) is 0.588. The van der Waals surface area contributed by atoms with Gasteiger partial charge in [0.05, 0.1) is 19.3 Å². The van der Waals surface area contributed by atoms with Crippen molar-refractivity contribution in [3.63, 3.8) is 0 Å². The lowest BCUT2D eigenvalue weighted by Crippen LogP contribution is -2.31. The number of esters is 2. The summed E-state index contributed by atoms with van der Waals surface area (Å²) in [6.45, 7) is 6.38. The second kappa shape index (κ2) is 9.41. The first-order valence-electron chi connectivity index (χ1n) is 8.54. The summed E-state index contributed by atoms with van der Waals surface area (Å²) in [6, 6.07) is 4.19. The van der Waals surface area contributed by atoms with Crippen LogP contribution >= 0.6 is 11.8 Å². The normalized spacial score (nSPS) is 16.0. The molecule has 1 atom stereocenters. The lowest BCUT2D eigenvalue weighted by molar-refractivity contribution is -0.139. The summed E-state index contributed by atoms with van der Waals surface area (Å²) in [4.78, 5) is 39.8. The Labute approximate surface area is 167 Å². The second-order valence-electron chi connectivity index (χ2n) is 5.82. The summed E-state index contributed by atoms with van der Waals surface area (Å²) < 4.78 is 15.6. The van der Waals surface area contributed by atoms with E-state index in [0.717, 1.165) is 11.8 Å². The van der Waals surface area contributed by atoms with Crippen molar-refractivity contribution in [3.05, 3.63) is 35.0 Å². The van der Waals surface area contributed by atoms with Crippen molar-refractivity contribution in [2.45, 2.75) is 33.7 Å². The third-order valence-corrected chi connectivity index (χ3v) is 4.40. The Hall–Kier alpha value is -2.81. The molecule has 0 bridgehead atoms. The fourth-order valence-corrected chi connectivity index (χ4v) is 3.28. The Kier molecular flexibility index (Phi) is 7.22. The number of hydrogen-bond donors (Lipinski definition) is 1. The highest BCUT2D eigenvalue weighted by Gasteiger charge is 2.31. The van der Waals surface area contributed by atoms with E-state index in [-0.39, 0.29) is 17.5 Å². The molecule has 0 aliphatic carbocycles. The number of aliphatic imine (C=N–C) groups is 1. The van der Waals surface area contributed by atoms with E-state index in [9.17, 15) is 14.4 Å². The number of nitrogens with zero attached hydrogens (tertiary/aromatic N) is 1. The molecule has 9 heteroatoms. The molecular weight excluding hydrogens is 384 g/mol. The van der Waals surface area contributed by atoms with Gasteiger partial charge < -0.3 is 19.5 Å². The molecule has 2 rings (SSSR count). The minimum absolute atomic E-state index is 0.139. The van der Waals surface area contributed by atoms with Crippen molar-refractivity contribution in [1.82, 2.24) is 5.32 Å². The van der Waals surface area contributed by atoms with Crippen LogP contribution < -0.4 is 14.8 Å². The van der Waals surface area contributed by atoms with Gasteiger partial charge in [0, 0.05) is 19.5 Å². The number of carbonyl (C=O) groups excluding carboxylic acids is 3. The molecule has 0 amide bonds. The second-order valence-corrected chi connectivity index (χ2v) is 6.98. The number of rotatable bonds is 5. The van der Waals surface area contributed by atoms with Gasteiger partial charge in [0.15, 0.2) is 21.8 Å². The standard InChI is InChI=1S/C19H22N2O6S/c1-6-26-18(24)16-10(2)20-19(28-12(4)23)21-17(16)13-7-8-14(27-11(3)22)15(9-13)25-5/h7-9,17H,6H2,1-5H3,(H,20,21)/t17-/m1/s1. The molecule has 0 saturated carbocycles. The van der Waals surface area contributed by atoms with E-state index in [1.165, 1.54) is 21.0 Å². The Morgan fingerprint density at radius 1 is 1.21 bits per heavy atom. The predicted octanol–water partition coefficient (Wildman–Crippen LogP) is 2.74. The van der Waals surface area contributed by atoms with Crippen molar-refractivity contribution in [3.8, 4) is 11.5 Å². The van der Waals surface area contributed by atoms with Crippen LogP contribution in [0.3, 0.4) is 0 Å². The SMILES string of the molecule is CCOC(=O)C1=C(C)NC(SC(C)=O)=N[C@@H]1c1ccc(OC(C)=O)c(OC)c1. The van der Waals surface area contributed by atoms with Crippen LogP contribution in [0.1, 0.15) is 39.3 Å². The van der Waals surface area contributed by atoms with Crippen molar-refractivity contribution < 1.29 is 28.6 Å². The van der Waals surface area contributed by atoms with Crippen LogP contribution in [-0.4, -0.2) is 35.9 Å². The van der Waals surface area contributed by atoms with Gasteiger partial charge >= 0.3 is 11.9 Å².